The SMILES string of the molecule is CCCNC(=O)CN(C)C(=O)c1cc(F)ccc1N. The van der Waals surface area contributed by atoms with Crippen LogP contribution in [0.2, 0.25) is 0 Å². The number of nitrogens with zero attached hydrogens (tertiary/aromatic N) is 1. The molecule has 0 saturated carbocycles. The van der Waals surface area contributed by atoms with Crippen LogP contribution in [0.15, 0.2) is 18.2 Å². The van der Waals surface area contributed by atoms with Crippen molar-refractivity contribution in [2.24, 2.45) is 0 Å². The van der Waals surface area contributed by atoms with E-state index in [0.717, 1.165) is 12.5 Å². The smallest absolute Gasteiger partial charge is 0.256 e. The second-order valence-electron chi connectivity index (χ2n) is 4.24. The molecular formula is C13H18FN3O2. The quantitative estimate of drug-likeness (QED) is 0.782. The van der Waals surface area contributed by atoms with Gasteiger partial charge in [-0.2, -0.15) is 0 Å². The van der Waals surface area contributed by atoms with Crippen molar-refractivity contribution in [3.05, 3.63) is 29.6 Å². The van der Waals surface area contributed by atoms with Gasteiger partial charge in [-0.15, -0.1) is 0 Å². The molecule has 0 fully saturated rings. The monoisotopic (exact) mass is 267 g/mol. The number of nitrogen functional groups attached to an aromatic ring is 1. The van der Waals surface area contributed by atoms with Crippen LogP contribution in [0.25, 0.3) is 0 Å². The summed E-state index contributed by atoms with van der Waals surface area (Å²) in [6.07, 6.45) is 0.820. The third-order valence-corrected chi connectivity index (χ3v) is 2.55. The van der Waals surface area contributed by atoms with Crippen molar-refractivity contribution < 1.29 is 14.0 Å². The van der Waals surface area contributed by atoms with Gasteiger partial charge in [0.1, 0.15) is 5.82 Å². The van der Waals surface area contributed by atoms with Gasteiger partial charge in [0.25, 0.3) is 5.91 Å². The molecule has 0 bridgehead atoms. The molecule has 0 aliphatic carbocycles. The van der Waals surface area contributed by atoms with Crippen LogP contribution in [-0.4, -0.2) is 36.9 Å². The normalized spacial score (nSPS) is 10.1. The fourth-order valence-electron chi connectivity index (χ4n) is 1.53. The predicted octanol–water partition coefficient (Wildman–Crippen LogP) is 1.01. The summed E-state index contributed by atoms with van der Waals surface area (Å²) in [5, 5.41) is 2.66. The van der Waals surface area contributed by atoms with Gasteiger partial charge in [-0.05, 0) is 24.6 Å². The Morgan fingerprint density at radius 2 is 2.11 bits per heavy atom. The molecule has 0 radical (unpaired) electrons. The second kappa shape index (κ2) is 6.72. The maximum absolute atomic E-state index is 13.1. The second-order valence-corrected chi connectivity index (χ2v) is 4.24. The molecule has 0 spiro atoms. The van der Waals surface area contributed by atoms with Gasteiger partial charge >= 0.3 is 0 Å². The first kappa shape index (κ1) is 14.9. The van der Waals surface area contributed by atoms with E-state index in [9.17, 15) is 14.0 Å². The summed E-state index contributed by atoms with van der Waals surface area (Å²) in [4.78, 5) is 24.7. The molecule has 0 saturated heterocycles. The molecule has 1 rings (SSSR count). The highest BCUT2D eigenvalue weighted by atomic mass is 19.1. The number of carbonyl (C=O) groups excluding carboxylic acids is 2. The van der Waals surface area contributed by atoms with Crippen molar-refractivity contribution in [2.45, 2.75) is 13.3 Å². The molecule has 104 valence electrons. The molecule has 19 heavy (non-hydrogen) atoms. The first-order valence-electron chi connectivity index (χ1n) is 6.03. The molecule has 1 aromatic rings. The van der Waals surface area contributed by atoms with E-state index < -0.39 is 11.7 Å². The first-order valence-corrected chi connectivity index (χ1v) is 6.03. The van der Waals surface area contributed by atoms with E-state index in [1.165, 1.54) is 24.1 Å². The van der Waals surface area contributed by atoms with Crippen LogP contribution in [0.3, 0.4) is 0 Å². The molecule has 0 atom stereocenters. The molecule has 0 aromatic heterocycles. The molecule has 3 N–H and O–H groups in total. The van der Waals surface area contributed by atoms with E-state index in [1.807, 2.05) is 6.92 Å². The fourth-order valence-corrected chi connectivity index (χ4v) is 1.53. The summed E-state index contributed by atoms with van der Waals surface area (Å²) in [6, 6.07) is 3.58. The van der Waals surface area contributed by atoms with Crippen molar-refractivity contribution in [1.82, 2.24) is 10.2 Å². The summed E-state index contributed by atoms with van der Waals surface area (Å²) < 4.78 is 13.1. The molecule has 1 aromatic carbocycles. The number of hydrogen-bond acceptors (Lipinski definition) is 3. The van der Waals surface area contributed by atoms with Crippen LogP contribution in [0.4, 0.5) is 10.1 Å². The summed E-state index contributed by atoms with van der Waals surface area (Å²) in [5.74, 6) is -1.28. The van der Waals surface area contributed by atoms with Gasteiger partial charge in [-0.1, -0.05) is 6.92 Å². The Kier molecular flexibility index (Phi) is 5.29. The van der Waals surface area contributed by atoms with Gasteiger partial charge in [0.05, 0.1) is 12.1 Å². The maximum atomic E-state index is 13.1. The Hall–Kier alpha value is -2.11. The largest absolute Gasteiger partial charge is 0.398 e. The van der Waals surface area contributed by atoms with E-state index in [4.69, 9.17) is 5.73 Å². The van der Waals surface area contributed by atoms with Gasteiger partial charge in [0.15, 0.2) is 0 Å². The topological polar surface area (TPSA) is 75.4 Å². The summed E-state index contributed by atoms with van der Waals surface area (Å²) in [7, 11) is 1.47. The van der Waals surface area contributed by atoms with E-state index in [0.29, 0.717) is 6.54 Å². The zero-order valence-corrected chi connectivity index (χ0v) is 11.1. The number of amides is 2. The predicted molar refractivity (Wildman–Crippen MR) is 71.1 cm³/mol. The van der Waals surface area contributed by atoms with E-state index in [2.05, 4.69) is 5.32 Å². The van der Waals surface area contributed by atoms with Crippen molar-refractivity contribution >= 4 is 17.5 Å². The van der Waals surface area contributed by atoms with Crippen LogP contribution in [-0.2, 0) is 4.79 Å². The Bertz CT molecular complexity index is 477. The van der Waals surface area contributed by atoms with Gasteiger partial charge in [0, 0.05) is 19.3 Å². The molecule has 0 aliphatic rings. The molecule has 0 aliphatic heterocycles. The Morgan fingerprint density at radius 1 is 1.42 bits per heavy atom. The highest BCUT2D eigenvalue weighted by Crippen LogP contribution is 2.15. The number of halogens is 1. The molecule has 6 heteroatoms. The summed E-state index contributed by atoms with van der Waals surface area (Å²) in [6.45, 7) is 2.40. The average molecular weight is 267 g/mol. The minimum Gasteiger partial charge on any atom is -0.398 e. The van der Waals surface area contributed by atoms with Crippen LogP contribution in [0.5, 0.6) is 0 Å². The lowest BCUT2D eigenvalue weighted by atomic mass is 10.1. The zero-order chi connectivity index (χ0) is 14.4. The number of rotatable bonds is 5. The molecule has 5 nitrogen and oxygen atoms in total. The highest BCUT2D eigenvalue weighted by Gasteiger charge is 2.17. The number of carbonyl (C=O) groups is 2. The van der Waals surface area contributed by atoms with Crippen molar-refractivity contribution in [3.63, 3.8) is 0 Å². The van der Waals surface area contributed by atoms with Crippen LogP contribution in [0, 0.1) is 5.82 Å². The van der Waals surface area contributed by atoms with Gasteiger partial charge < -0.3 is 16.0 Å². The lowest BCUT2D eigenvalue weighted by Crippen LogP contribution is -2.38. The van der Waals surface area contributed by atoms with Gasteiger partial charge in [-0.25, -0.2) is 4.39 Å². The lowest BCUT2D eigenvalue weighted by molar-refractivity contribution is -0.121. The van der Waals surface area contributed by atoms with E-state index in [-0.39, 0.29) is 23.7 Å². The Balaban J connectivity index is 2.71. The number of nitrogens with one attached hydrogen (secondary N) is 1. The van der Waals surface area contributed by atoms with Gasteiger partial charge in [-0.3, -0.25) is 9.59 Å². The maximum Gasteiger partial charge on any atom is 0.256 e. The number of benzene rings is 1. The van der Waals surface area contributed by atoms with Crippen molar-refractivity contribution in [1.29, 1.82) is 0 Å². The zero-order valence-electron chi connectivity index (χ0n) is 11.1. The highest BCUT2D eigenvalue weighted by molar-refractivity contribution is 6.00. The van der Waals surface area contributed by atoms with Crippen molar-refractivity contribution in [3.8, 4) is 0 Å². The van der Waals surface area contributed by atoms with E-state index >= 15 is 0 Å². The van der Waals surface area contributed by atoms with Crippen LogP contribution in [0.1, 0.15) is 23.7 Å². The van der Waals surface area contributed by atoms with Crippen LogP contribution >= 0.6 is 0 Å². The summed E-state index contributed by atoms with van der Waals surface area (Å²) >= 11 is 0. The molecular weight excluding hydrogens is 249 g/mol. The average Bonchev–Trinajstić information content (AvgIpc) is 2.38. The lowest BCUT2D eigenvalue weighted by Gasteiger charge is -2.17. The molecule has 2 amide bonds. The third kappa shape index (κ3) is 4.24. The summed E-state index contributed by atoms with van der Waals surface area (Å²) in [5.41, 5.74) is 5.87. The Labute approximate surface area is 111 Å². The Morgan fingerprint density at radius 3 is 2.74 bits per heavy atom. The number of nitrogens with two attached hydrogens (primary N) is 1. The fraction of sp³-hybridized carbons (Fsp3) is 0.385. The number of anilines is 1. The molecule has 0 unspecified atom stereocenters. The van der Waals surface area contributed by atoms with Crippen molar-refractivity contribution in [2.75, 3.05) is 25.9 Å². The number of hydrogen-bond donors (Lipinski definition) is 2. The first-order chi connectivity index (χ1) is 8.95. The number of likely N-dealkylation sites (N-methyl/N-ethyl adjacent to an activating group) is 1. The van der Waals surface area contributed by atoms with E-state index in [1.54, 1.807) is 0 Å². The minimum absolute atomic E-state index is 0.0609. The standard InChI is InChI=1S/C13H18FN3O2/c1-3-6-16-12(18)8-17(2)13(19)10-7-9(14)4-5-11(10)15/h4-5,7H,3,6,8,15H2,1-2H3,(H,16,18). The van der Waals surface area contributed by atoms with Gasteiger partial charge in [0.2, 0.25) is 5.91 Å². The third-order valence-electron chi connectivity index (χ3n) is 2.55. The molecule has 0 heterocycles. The van der Waals surface area contributed by atoms with Crippen LogP contribution < -0.4 is 11.1 Å². The minimum atomic E-state index is -0.540.